The number of fused-ring (bicyclic) bond motifs is 1. The summed E-state index contributed by atoms with van der Waals surface area (Å²) in [4.78, 5) is 4.80. The molecular formula is C19H13BN2. The van der Waals surface area contributed by atoms with Crippen molar-refractivity contribution in [2.24, 2.45) is 0 Å². The maximum absolute atomic E-state index is 6.17. The second-order valence-electron chi connectivity index (χ2n) is 5.18. The first-order chi connectivity index (χ1) is 10.8. The minimum absolute atomic E-state index is 0.731. The van der Waals surface area contributed by atoms with Gasteiger partial charge in [0.1, 0.15) is 13.7 Å². The smallest absolute Gasteiger partial charge is 0.145 e. The summed E-state index contributed by atoms with van der Waals surface area (Å²) in [6.45, 7) is 0. The van der Waals surface area contributed by atoms with Gasteiger partial charge in [0, 0.05) is 11.3 Å². The van der Waals surface area contributed by atoms with Crippen LogP contribution < -0.4 is 5.46 Å². The van der Waals surface area contributed by atoms with Crippen molar-refractivity contribution in [2.75, 3.05) is 0 Å². The predicted octanol–water partition coefficient (Wildman–Crippen LogP) is 3.49. The molecule has 0 unspecified atom stereocenters. The third kappa shape index (κ3) is 2.02. The number of hydrogen-bond acceptors (Lipinski definition) is 1. The van der Waals surface area contributed by atoms with E-state index in [9.17, 15) is 0 Å². The van der Waals surface area contributed by atoms with Gasteiger partial charge in [-0.15, -0.1) is 0 Å². The van der Waals surface area contributed by atoms with Crippen LogP contribution >= 0.6 is 0 Å². The van der Waals surface area contributed by atoms with Crippen molar-refractivity contribution in [3.05, 3.63) is 78.9 Å². The van der Waals surface area contributed by atoms with Crippen LogP contribution in [0.2, 0.25) is 0 Å². The summed E-state index contributed by atoms with van der Waals surface area (Å²) in [7, 11) is 6.17. The molecule has 0 fully saturated rings. The van der Waals surface area contributed by atoms with Crippen molar-refractivity contribution in [3.8, 4) is 17.1 Å². The minimum Gasteiger partial charge on any atom is -0.292 e. The van der Waals surface area contributed by atoms with Crippen LogP contribution in [0.15, 0.2) is 78.9 Å². The number of aromatic nitrogens is 2. The number of benzene rings is 3. The molecule has 0 saturated heterocycles. The van der Waals surface area contributed by atoms with E-state index in [1.54, 1.807) is 0 Å². The van der Waals surface area contributed by atoms with E-state index in [4.69, 9.17) is 12.8 Å². The summed E-state index contributed by atoms with van der Waals surface area (Å²) >= 11 is 0. The van der Waals surface area contributed by atoms with Crippen molar-refractivity contribution in [3.63, 3.8) is 0 Å². The van der Waals surface area contributed by atoms with Gasteiger partial charge in [-0.25, -0.2) is 4.98 Å². The molecule has 0 bridgehead atoms. The molecule has 0 aliphatic carbocycles. The standard InChI is InChI=1S/C19H13BN2/c20-16-11-5-4-10-15(16)19-21-17-12-6-7-13-18(17)22(19)14-8-2-1-3-9-14/h1-13H. The molecule has 0 amide bonds. The first kappa shape index (κ1) is 12.9. The normalized spacial score (nSPS) is 10.9. The fraction of sp³-hybridized carbons (Fsp3) is 0. The molecule has 2 radical (unpaired) electrons. The van der Waals surface area contributed by atoms with E-state index in [1.807, 2.05) is 60.7 Å². The van der Waals surface area contributed by atoms with Crippen molar-refractivity contribution in [1.82, 2.24) is 9.55 Å². The van der Waals surface area contributed by atoms with Gasteiger partial charge in [-0.3, -0.25) is 4.57 Å². The van der Waals surface area contributed by atoms with Crippen LogP contribution in [-0.2, 0) is 0 Å². The van der Waals surface area contributed by atoms with Gasteiger partial charge in [-0.05, 0) is 24.3 Å². The highest BCUT2D eigenvalue weighted by molar-refractivity contribution is 6.35. The van der Waals surface area contributed by atoms with E-state index in [-0.39, 0.29) is 0 Å². The molecule has 0 aliphatic rings. The van der Waals surface area contributed by atoms with Crippen LogP contribution in [-0.4, -0.2) is 17.4 Å². The minimum atomic E-state index is 0.731. The van der Waals surface area contributed by atoms with Gasteiger partial charge in [0.2, 0.25) is 0 Å². The second-order valence-corrected chi connectivity index (χ2v) is 5.18. The Hall–Kier alpha value is -2.81. The van der Waals surface area contributed by atoms with E-state index in [0.717, 1.165) is 33.6 Å². The fourth-order valence-corrected chi connectivity index (χ4v) is 2.75. The second kappa shape index (κ2) is 5.19. The monoisotopic (exact) mass is 280 g/mol. The van der Waals surface area contributed by atoms with Crippen LogP contribution in [0, 0.1) is 0 Å². The Morgan fingerprint density at radius 1 is 0.727 bits per heavy atom. The molecule has 0 atom stereocenters. The van der Waals surface area contributed by atoms with Crippen LogP contribution in [0.25, 0.3) is 28.1 Å². The number of para-hydroxylation sites is 3. The largest absolute Gasteiger partial charge is 0.292 e. The van der Waals surface area contributed by atoms with Gasteiger partial charge in [-0.1, -0.05) is 60.1 Å². The molecule has 4 rings (SSSR count). The molecule has 0 spiro atoms. The third-order valence-corrected chi connectivity index (χ3v) is 3.78. The van der Waals surface area contributed by atoms with Crippen molar-refractivity contribution < 1.29 is 0 Å². The Labute approximate surface area is 130 Å². The lowest BCUT2D eigenvalue weighted by Gasteiger charge is -2.11. The van der Waals surface area contributed by atoms with E-state index in [1.165, 1.54) is 0 Å². The Balaban J connectivity index is 2.09. The lowest BCUT2D eigenvalue weighted by Crippen LogP contribution is -2.09. The van der Waals surface area contributed by atoms with Gasteiger partial charge in [0.25, 0.3) is 0 Å². The van der Waals surface area contributed by atoms with E-state index in [2.05, 4.69) is 22.8 Å². The summed E-state index contributed by atoms with van der Waals surface area (Å²) in [6, 6.07) is 26.2. The number of hydrogen-bond donors (Lipinski definition) is 0. The molecule has 0 saturated carbocycles. The fourth-order valence-electron chi connectivity index (χ4n) is 2.75. The first-order valence-electron chi connectivity index (χ1n) is 7.22. The maximum Gasteiger partial charge on any atom is 0.145 e. The molecule has 1 heterocycles. The van der Waals surface area contributed by atoms with Crippen LogP contribution in [0.5, 0.6) is 0 Å². The molecular weight excluding hydrogens is 267 g/mol. The lowest BCUT2D eigenvalue weighted by atomic mass is 9.90. The molecule has 3 heteroatoms. The van der Waals surface area contributed by atoms with E-state index < -0.39 is 0 Å². The zero-order valence-corrected chi connectivity index (χ0v) is 12.0. The zero-order valence-electron chi connectivity index (χ0n) is 12.0. The van der Waals surface area contributed by atoms with Crippen molar-refractivity contribution in [2.45, 2.75) is 0 Å². The average molecular weight is 280 g/mol. The highest BCUT2D eigenvalue weighted by Gasteiger charge is 2.14. The molecule has 1 aromatic heterocycles. The molecule has 2 nitrogen and oxygen atoms in total. The van der Waals surface area contributed by atoms with Crippen LogP contribution in [0.1, 0.15) is 0 Å². The highest BCUT2D eigenvalue weighted by atomic mass is 15.1. The molecule has 102 valence electrons. The summed E-state index contributed by atoms with van der Waals surface area (Å²) in [6.07, 6.45) is 0. The highest BCUT2D eigenvalue weighted by Crippen LogP contribution is 2.27. The predicted molar refractivity (Wildman–Crippen MR) is 91.9 cm³/mol. The van der Waals surface area contributed by atoms with Gasteiger partial charge in [-0.2, -0.15) is 0 Å². The third-order valence-electron chi connectivity index (χ3n) is 3.78. The summed E-state index contributed by atoms with van der Waals surface area (Å²) < 4.78 is 2.15. The number of nitrogens with zero attached hydrogens (tertiary/aromatic N) is 2. The maximum atomic E-state index is 6.17. The molecule has 0 aliphatic heterocycles. The van der Waals surface area contributed by atoms with Crippen molar-refractivity contribution in [1.29, 1.82) is 0 Å². The van der Waals surface area contributed by atoms with Gasteiger partial charge in [0.05, 0.1) is 11.0 Å². The van der Waals surface area contributed by atoms with E-state index >= 15 is 0 Å². The van der Waals surface area contributed by atoms with Crippen LogP contribution in [0.3, 0.4) is 0 Å². The van der Waals surface area contributed by atoms with E-state index in [0.29, 0.717) is 0 Å². The molecule has 0 N–H and O–H groups in total. The Kier molecular flexibility index (Phi) is 3.04. The Morgan fingerprint density at radius 3 is 2.23 bits per heavy atom. The summed E-state index contributed by atoms with van der Waals surface area (Å²) in [5, 5.41) is 0. The summed E-state index contributed by atoms with van der Waals surface area (Å²) in [5.41, 5.74) is 4.79. The SMILES string of the molecule is [B]c1ccccc1-c1nc2ccccc2n1-c1ccccc1. The van der Waals surface area contributed by atoms with Gasteiger partial charge < -0.3 is 0 Å². The van der Waals surface area contributed by atoms with Crippen LogP contribution in [0.4, 0.5) is 0 Å². The van der Waals surface area contributed by atoms with Gasteiger partial charge in [0.15, 0.2) is 0 Å². The lowest BCUT2D eigenvalue weighted by molar-refractivity contribution is 1.10. The first-order valence-corrected chi connectivity index (χ1v) is 7.22. The number of rotatable bonds is 2. The topological polar surface area (TPSA) is 17.8 Å². The average Bonchev–Trinajstić information content (AvgIpc) is 2.95. The van der Waals surface area contributed by atoms with Gasteiger partial charge >= 0.3 is 0 Å². The van der Waals surface area contributed by atoms with Crippen molar-refractivity contribution >= 4 is 24.3 Å². The zero-order chi connectivity index (χ0) is 14.9. The summed E-state index contributed by atoms with van der Waals surface area (Å²) in [5.74, 6) is 0.866. The molecule has 4 aromatic rings. The quantitative estimate of drug-likeness (QED) is 0.514. The Morgan fingerprint density at radius 2 is 1.41 bits per heavy atom. The Bertz CT molecular complexity index is 942. The molecule has 22 heavy (non-hydrogen) atoms. The molecule has 3 aromatic carbocycles. The number of imidazole rings is 1.